The molecule has 0 saturated carbocycles. The molecule has 3 heterocycles. The number of likely N-dealkylation sites (tertiary alicyclic amines) is 1. The number of anilines is 4. The number of benzene rings is 1. The summed E-state index contributed by atoms with van der Waals surface area (Å²) in [6.07, 6.45) is 5.48. The van der Waals surface area contributed by atoms with Crippen molar-refractivity contribution in [3.05, 3.63) is 72.4 Å². The van der Waals surface area contributed by atoms with Gasteiger partial charge in [-0.3, -0.25) is 4.90 Å². The number of hydrogen-bond acceptors (Lipinski definition) is 11. The van der Waals surface area contributed by atoms with E-state index in [1.165, 1.54) is 5.56 Å². The molecule has 0 radical (unpaired) electrons. The Bertz CT molecular complexity index is 1300. The number of nitrogens with two attached hydrogens (primary N) is 1. The number of hydrogen-bond donors (Lipinski definition) is 4. The van der Waals surface area contributed by atoms with Gasteiger partial charge in [-0.2, -0.15) is 5.26 Å². The highest BCUT2D eigenvalue weighted by atomic mass is 32.2. The Labute approximate surface area is 234 Å². The molecule has 3 aromatic rings. The molecule has 1 saturated heterocycles. The van der Waals surface area contributed by atoms with E-state index in [1.807, 2.05) is 44.5 Å². The van der Waals surface area contributed by atoms with Gasteiger partial charge in [0.2, 0.25) is 5.82 Å². The number of nitriles is 1. The number of pyridine rings is 1. The van der Waals surface area contributed by atoms with E-state index < -0.39 is 0 Å². The monoisotopic (exact) mass is 544 g/mol. The summed E-state index contributed by atoms with van der Waals surface area (Å²) in [5, 5.41) is 19.9. The van der Waals surface area contributed by atoms with E-state index in [2.05, 4.69) is 66.6 Å². The van der Waals surface area contributed by atoms with Crippen molar-refractivity contribution >= 4 is 34.8 Å². The zero-order valence-corrected chi connectivity index (χ0v) is 23.5. The Hall–Kier alpha value is -4.01. The third kappa shape index (κ3) is 7.31. The lowest BCUT2D eigenvalue weighted by molar-refractivity contribution is 0.211. The van der Waals surface area contributed by atoms with Crippen molar-refractivity contribution < 1.29 is 0 Å². The Morgan fingerprint density at radius 2 is 1.95 bits per heavy atom. The molecule has 39 heavy (non-hydrogen) atoms. The van der Waals surface area contributed by atoms with E-state index in [0.717, 1.165) is 54.7 Å². The number of nitrogens with zero attached hydrogens (tertiary/aromatic N) is 6. The topological polar surface area (TPSA) is 131 Å². The number of thioether (sulfide) groups is 1. The Morgan fingerprint density at radius 1 is 1.21 bits per heavy atom. The van der Waals surface area contributed by atoms with Gasteiger partial charge in [0.15, 0.2) is 5.82 Å². The molecule has 0 bridgehead atoms. The highest BCUT2D eigenvalue weighted by Gasteiger charge is 2.23. The molecular weight excluding hydrogens is 508 g/mol. The van der Waals surface area contributed by atoms with Gasteiger partial charge in [0.05, 0.1) is 16.5 Å². The fraction of sp³-hybridized carbons (Fsp3) is 0.357. The van der Waals surface area contributed by atoms with Gasteiger partial charge in [0.25, 0.3) is 0 Å². The van der Waals surface area contributed by atoms with Gasteiger partial charge in [-0.25, -0.2) is 15.0 Å². The molecule has 11 heteroatoms. The number of nitrogens with one attached hydrogen (secondary N) is 3. The zero-order chi connectivity index (χ0) is 27.8. The van der Waals surface area contributed by atoms with Gasteiger partial charge in [-0.1, -0.05) is 18.7 Å². The first-order valence-corrected chi connectivity index (χ1v) is 14.2. The molecule has 1 aromatic carbocycles. The Balaban J connectivity index is 1.43. The molecule has 0 amide bonds. The second kappa shape index (κ2) is 13.2. The maximum absolute atomic E-state index is 9.02. The minimum Gasteiger partial charge on any atom is -0.386 e. The molecule has 0 spiro atoms. The summed E-state index contributed by atoms with van der Waals surface area (Å²) in [5.74, 6) is 2.12. The molecule has 4 rings (SSSR count). The van der Waals surface area contributed by atoms with Crippen molar-refractivity contribution in [2.24, 2.45) is 5.73 Å². The average molecular weight is 545 g/mol. The Kier molecular flexibility index (Phi) is 9.46. The minimum atomic E-state index is -0.171. The van der Waals surface area contributed by atoms with Gasteiger partial charge in [0.1, 0.15) is 18.1 Å². The molecule has 0 aliphatic carbocycles. The van der Waals surface area contributed by atoms with Crippen LogP contribution in [0.3, 0.4) is 0 Å². The highest BCUT2D eigenvalue weighted by molar-refractivity contribution is 7.98. The maximum atomic E-state index is 9.02. The molecular formula is C28H36N10S. The van der Waals surface area contributed by atoms with E-state index in [1.54, 1.807) is 18.0 Å². The molecule has 1 aliphatic heterocycles. The van der Waals surface area contributed by atoms with E-state index in [4.69, 9.17) is 16.0 Å². The number of rotatable bonds is 11. The van der Waals surface area contributed by atoms with Crippen molar-refractivity contribution in [1.82, 2.24) is 25.2 Å². The second-order valence-corrected chi connectivity index (χ2v) is 10.3. The first-order chi connectivity index (χ1) is 18.9. The van der Waals surface area contributed by atoms with Crippen LogP contribution in [0.4, 0.5) is 23.0 Å². The summed E-state index contributed by atoms with van der Waals surface area (Å²) in [6, 6.07) is 16.8. The standard InChI is InChI=1S/C28H36N10S/c1-19(30)33-20(2)38(28-24(31-3)9-10-27(36-28)39-4)23-7-5-21(6-8-23)18-37-15-12-22(13-16-37)34-25-11-14-32-26(17-29)35-25/h5-11,14,20,22,31,33H,1,12-13,15-16,18,30H2,2-4H3,(H,32,34,35). The average Bonchev–Trinajstić information content (AvgIpc) is 2.95. The van der Waals surface area contributed by atoms with Gasteiger partial charge >= 0.3 is 0 Å². The predicted octanol–water partition coefficient (Wildman–Crippen LogP) is 4.09. The largest absolute Gasteiger partial charge is 0.386 e. The van der Waals surface area contributed by atoms with Crippen LogP contribution >= 0.6 is 11.8 Å². The highest BCUT2D eigenvalue weighted by Crippen LogP contribution is 2.34. The SMILES string of the molecule is C=C(N)NC(C)N(c1ccc(CN2CCC(Nc3ccnc(C#N)n3)CC2)cc1)c1nc(SC)ccc1NC. The van der Waals surface area contributed by atoms with Gasteiger partial charge in [0, 0.05) is 44.6 Å². The summed E-state index contributed by atoms with van der Waals surface area (Å²) < 4.78 is 0. The lowest BCUT2D eigenvalue weighted by atomic mass is 10.0. The lowest BCUT2D eigenvalue weighted by Gasteiger charge is -2.34. The van der Waals surface area contributed by atoms with Crippen molar-refractivity contribution in [1.29, 1.82) is 5.26 Å². The van der Waals surface area contributed by atoms with Gasteiger partial charge in [-0.15, -0.1) is 11.8 Å². The van der Waals surface area contributed by atoms with E-state index in [9.17, 15) is 0 Å². The fourth-order valence-electron chi connectivity index (χ4n) is 4.74. The van der Waals surface area contributed by atoms with Crippen LogP contribution in [0.15, 0.2) is 66.1 Å². The molecule has 204 valence electrons. The summed E-state index contributed by atoms with van der Waals surface area (Å²) >= 11 is 1.61. The van der Waals surface area contributed by atoms with Crippen LogP contribution < -0.4 is 26.6 Å². The molecule has 10 nitrogen and oxygen atoms in total. The van der Waals surface area contributed by atoms with Crippen molar-refractivity contribution in [3.63, 3.8) is 0 Å². The van der Waals surface area contributed by atoms with Gasteiger partial charge in [-0.05, 0) is 61.9 Å². The number of aromatic nitrogens is 3. The van der Waals surface area contributed by atoms with E-state index >= 15 is 0 Å². The first kappa shape index (κ1) is 28.0. The Morgan fingerprint density at radius 3 is 2.59 bits per heavy atom. The van der Waals surface area contributed by atoms with E-state index in [0.29, 0.717) is 17.7 Å². The van der Waals surface area contributed by atoms with Crippen molar-refractivity contribution in [2.75, 3.05) is 41.9 Å². The second-order valence-electron chi connectivity index (χ2n) is 9.43. The lowest BCUT2D eigenvalue weighted by Crippen LogP contribution is -2.42. The first-order valence-electron chi connectivity index (χ1n) is 12.9. The van der Waals surface area contributed by atoms with Crippen LogP contribution in [0.25, 0.3) is 0 Å². The third-order valence-electron chi connectivity index (χ3n) is 6.65. The summed E-state index contributed by atoms with van der Waals surface area (Å²) in [4.78, 5) is 17.7. The van der Waals surface area contributed by atoms with Crippen LogP contribution in [0, 0.1) is 11.3 Å². The summed E-state index contributed by atoms with van der Waals surface area (Å²) in [7, 11) is 1.90. The predicted molar refractivity (Wildman–Crippen MR) is 159 cm³/mol. The molecule has 2 aromatic heterocycles. The zero-order valence-electron chi connectivity index (χ0n) is 22.7. The number of piperidine rings is 1. The third-order valence-corrected chi connectivity index (χ3v) is 7.30. The molecule has 5 N–H and O–H groups in total. The molecule has 1 atom stereocenters. The fourth-order valence-corrected chi connectivity index (χ4v) is 5.13. The smallest absolute Gasteiger partial charge is 0.234 e. The van der Waals surface area contributed by atoms with Crippen LogP contribution in [0.1, 0.15) is 31.2 Å². The molecule has 1 fully saturated rings. The van der Waals surface area contributed by atoms with Crippen LogP contribution in [-0.2, 0) is 6.54 Å². The van der Waals surface area contributed by atoms with Crippen LogP contribution in [0.5, 0.6) is 0 Å². The normalized spacial score (nSPS) is 14.7. The minimum absolute atomic E-state index is 0.171. The quantitative estimate of drug-likeness (QED) is 0.206. The van der Waals surface area contributed by atoms with E-state index in [-0.39, 0.29) is 12.0 Å². The van der Waals surface area contributed by atoms with Crippen molar-refractivity contribution in [2.45, 2.75) is 43.5 Å². The van der Waals surface area contributed by atoms with Crippen LogP contribution in [0.2, 0.25) is 0 Å². The summed E-state index contributed by atoms with van der Waals surface area (Å²) in [5.41, 5.74) is 9.09. The van der Waals surface area contributed by atoms with Crippen LogP contribution in [-0.4, -0.2) is 58.5 Å². The molecule has 1 aliphatic rings. The molecule has 1 unspecified atom stereocenters. The summed E-state index contributed by atoms with van der Waals surface area (Å²) in [6.45, 7) is 8.72. The van der Waals surface area contributed by atoms with Gasteiger partial charge < -0.3 is 26.6 Å². The maximum Gasteiger partial charge on any atom is 0.234 e. The van der Waals surface area contributed by atoms with Crippen molar-refractivity contribution in [3.8, 4) is 6.07 Å².